The van der Waals surface area contributed by atoms with Gasteiger partial charge in [0.15, 0.2) is 5.78 Å². The number of carbonyl (C=O) groups is 1. The molecule has 112 valence electrons. The monoisotopic (exact) mass is 316 g/mol. The van der Waals surface area contributed by atoms with Gasteiger partial charge in [-0.3, -0.25) is 9.48 Å². The van der Waals surface area contributed by atoms with Crippen molar-refractivity contribution in [2.24, 2.45) is 7.05 Å². The molecule has 3 nitrogen and oxygen atoms in total. The second-order valence-electron chi connectivity index (χ2n) is 4.62. The van der Waals surface area contributed by atoms with Gasteiger partial charge in [0.25, 0.3) is 0 Å². The van der Waals surface area contributed by atoms with Crippen molar-refractivity contribution in [2.45, 2.75) is 19.5 Å². The van der Waals surface area contributed by atoms with Crippen molar-refractivity contribution >= 4 is 17.4 Å². The van der Waals surface area contributed by atoms with Crippen LogP contribution in [0.5, 0.6) is 0 Å². The van der Waals surface area contributed by atoms with E-state index in [4.69, 9.17) is 11.6 Å². The minimum absolute atomic E-state index is 0.217. The molecule has 1 heterocycles. The Bertz CT molecular complexity index is 692. The molecule has 0 aliphatic heterocycles. The summed E-state index contributed by atoms with van der Waals surface area (Å²) in [5, 5.41) is 4.29. The molecule has 0 saturated heterocycles. The van der Waals surface area contributed by atoms with E-state index >= 15 is 0 Å². The summed E-state index contributed by atoms with van der Waals surface area (Å²) in [6.07, 6.45) is -4.79. The normalized spacial score (nSPS) is 11.7. The molecule has 2 rings (SSSR count). The molecule has 21 heavy (non-hydrogen) atoms. The van der Waals surface area contributed by atoms with Crippen molar-refractivity contribution < 1.29 is 18.0 Å². The number of carbonyl (C=O) groups excluding carboxylic acids is 1. The molecule has 0 spiro atoms. The van der Waals surface area contributed by atoms with Crippen molar-refractivity contribution in [1.82, 2.24) is 9.78 Å². The number of benzene rings is 1. The van der Waals surface area contributed by atoms with Gasteiger partial charge in [0.2, 0.25) is 0 Å². The van der Waals surface area contributed by atoms with E-state index < -0.39 is 17.5 Å². The number of ketones is 1. The van der Waals surface area contributed by atoms with Gasteiger partial charge >= 0.3 is 6.18 Å². The van der Waals surface area contributed by atoms with Crippen LogP contribution in [0.15, 0.2) is 24.3 Å². The average molecular weight is 317 g/mol. The molecule has 0 fully saturated rings. The first-order valence-corrected chi connectivity index (χ1v) is 6.47. The van der Waals surface area contributed by atoms with E-state index in [2.05, 4.69) is 5.10 Å². The van der Waals surface area contributed by atoms with Gasteiger partial charge in [0.05, 0.1) is 11.3 Å². The van der Waals surface area contributed by atoms with Gasteiger partial charge < -0.3 is 0 Å². The highest BCUT2D eigenvalue weighted by Gasteiger charge is 2.34. The zero-order valence-electron chi connectivity index (χ0n) is 11.3. The third-order valence-electron chi connectivity index (χ3n) is 3.14. The van der Waals surface area contributed by atoms with Crippen molar-refractivity contribution in [1.29, 1.82) is 0 Å². The zero-order chi connectivity index (χ0) is 15.8. The number of halogens is 4. The molecule has 0 aliphatic carbocycles. The molecule has 0 N–H and O–H groups in total. The average Bonchev–Trinajstić information content (AvgIpc) is 2.64. The summed E-state index contributed by atoms with van der Waals surface area (Å²) in [7, 11) is 1.60. The number of hydrogen-bond acceptors (Lipinski definition) is 2. The van der Waals surface area contributed by atoms with E-state index in [0.29, 0.717) is 11.3 Å². The number of Topliss-reactive ketones (excluding diaryl/α,β-unsaturated/α-hetero) is 1. The molecule has 0 bridgehead atoms. The Labute approximate surface area is 124 Å². The number of hydrogen-bond donors (Lipinski definition) is 0. The largest absolute Gasteiger partial charge is 0.417 e. The van der Waals surface area contributed by atoms with Crippen LogP contribution in [0.3, 0.4) is 0 Å². The Morgan fingerprint density at radius 2 is 1.95 bits per heavy atom. The second-order valence-corrected chi connectivity index (χ2v) is 4.98. The third kappa shape index (κ3) is 3.10. The standard InChI is InChI=1S/C14H12ClF3N2O/c1-8-10(13(15)20(2)19-8)7-12(21)9-5-3-4-6-11(9)14(16,17)18/h3-6H,7H2,1-2H3. The van der Waals surface area contributed by atoms with E-state index in [-0.39, 0.29) is 17.1 Å². The number of nitrogens with zero attached hydrogens (tertiary/aromatic N) is 2. The molecule has 0 unspecified atom stereocenters. The Morgan fingerprint density at radius 3 is 2.48 bits per heavy atom. The Balaban J connectivity index is 2.38. The van der Waals surface area contributed by atoms with E-state index in [1.165, 1.54) is 22.9 Å². The minimum Gasteiger partial charge on any atom is -0.294 e. The first-order valence-electron chi connectivity index (χ1n) is 6.09. The van der Waals surface area contributed by atoms with Crippen LogP contribution in [0.4, 0.5) is 13.2 Å². The smallest absolute Gasteiger partial charge is 0.294 e. The minimum atomic E-state index is -4.57. The SMILES string of the molecule is Cc1nn(C)c(Cl)c1CC(=O)c1ccccc1C(F)(F)F. The molecule has 0 saturated carbocycles. The van der Waals surface area contributed by atoms with Crippen LogP contribution in [-0.4, -0.2) is 15.6 Å². The van der Waals surface area contributed by atoms with Gasteiger partial charge in [-0.15, -0.1) is 0 Å². The molecule has 0 aliphatic rings. The molecule has 0 atom stereocenters. The molecule has 1 aromatic heterocycles. The van der Waals surface area contributed by atoms with Crippen molar-refractivity contribution in [2.75, 3.05) is 0 Å². The van der Waals surface area contributed by atoms with Crippen LogP contribution >= 0.6 is 11.6 Å². The van der Waals surface area contributed by atoms with Gasteiger partial charge in [-0.25, -0.2) is 0 Å². The Kier molecular flexibility index (Phi) is 4.09. The van der Waals surface area contributed by atoms with Crippen molar-refractivity contribution in [3.8, 4) is 0 Å². The topological polar surface area (TPSA) is 34.9 Å². The number of aromatic nitrogens is 2. The molecule has 1 aromatic carbocycles. The number of alkyl halides is 3. The van der Waals surface area contributed by atoms with Gasteiger partial charge in [-0.2, -0.15) is 18.3 Å². The summed E-state index contributed by atoms with van der Waals surface area (Å²) >= 11 is 6.00. The first-order chi connectivity index (χ1) is 9.71. The summed E-state index contributed by atoms with van der Waals surface area (Å²) in [6, 6.07) is 4.72. The summed E-state index contributed by atoms with van der Waals surface area (Å²) in [6.45, 7) is 1.66. The predicted octanol–water partition coefficient (Wildman–Crippen LogP) is 3.83. The van der Waals surface area contributed by atoms with Crippen molar-refractivity contribution in [3.05, 3.63) is 51.8 Å². The molecule has 2 aromatic rings. The lowest BCUT2D eigenvalue weighted by Gasteiger charge is -2.11. The molecular weight excluding hydrogens is 305 g/mol. The van der Waals surface area contributed by atoms with E-state index in [9.17, 15) is 18.0 Å². The maximum atomic E-state index is 12.9. The lowest BCUT2D eigenvalue weighted by molar-refractivity contribution is -0.137. The first kappa shape index (κ1) is 15.6. The highest BCUT2D eigenvalue weighted by Crippen LogP contribution is 2.32. The maximum Gasteiger partial charge on any atom is 0.417 e. The fourth-order valence-corrected chi connectivity index (χ4v) is 2.35. The zero-order valence-corrected chi connectivity index (χ0v) is 12.1. The second kappa shape index (κ2) is 5.52. The number of rotatable bonds is 3. The van der Waals surface area contributed by atoms with Crippen molar-refractivity contribution in [3.63, 3.8) is 0 Å². The molecule has 0 amide bonds. The van der Waals surface area contributed by atoms with Gasteiger partial charge in [0.1, 0.15) is 5.15 Å². The highest BCUT2D eigenvalue weighted by atomic mass is 35.5. The van der Waals surface area contributed by atoms with E-state index in [1.54, 1.807) is 14.0 Å². The predicted molar refractivity (Wildman–Crippen MR) is 72.4 cm³/mol. The fraction of sp³-hybridized carbons (Fsp3) is 0.286. The third-order valence-corrected chi connectivity index (χ3v) is 3.61. The molecular formula is C14H12ClF3N2O. The van der Waals surface area contributed by atoms with E-state index in [0.717, 1.165) is 6.07 Å². The van der Waals surface area contributed by atoms with Gasteiger partial charge in [0, 0.05) is 24.6 Å². The van der Waals surface area contributed by atoms with Crippen LogP contribution in [0, 0.1) is 6.92 Å². The number of aryl methyl sites for hydroxylation is 2. The summed E-state index contributed by atoms with van der Waals surface area (Å²) in [5.74, 6) is -0.638. The Hall–Kier alpha value is -1.82. The lowest BCUT2D eigenvalue weighted by atomic mass is 9.98. The van der Waals surface area contributed by atoms with Crippen LogP contribution in [0.2, 0.25) is 5.15 Å². The lowest BCUT2D eigenvalue weighted by Crippen LogP contribution is -2.14. The molecule has 0 radical (unpaired) electrons. The summed E-state index contributed by atoms with van der Waals surface area (Å²) < 4.78 is 40.1. The van der Waals surface area contributed by atoms with E-state index in [1.807, 2.05) is 0 Å². The van der Waals surface area contributed by atoms with Gasteiger partial charge in [-0.1, -0.05) is 29.8 Å². The quantitative estimate of drug-likeness (QED) is 0.807. The van der Waals surface area contributed by atoms with Gasteiger partial charge in [-0.05, 0) is 13.0 Å². The fourth-order valence-electron chi connectivity index (χ4n) is 2.10. The van der Waals surface area contributed by atoms with Crippen LogP contribution < -0.4 is 0 Å². The summed E-state index contributed by atoms with van der Waals surface area (Å²) in [5.41, 5.74) is -0.321. The highest BCUT2D eigenvalue weighted by molar-refractivity contribution is 6.30. The maximum absolute atomic E-state index is 12.9. The van der Waals surface area contributed by atoms with Crippen LogP contribution in [-0.2, 0) is 19.6 Å². The molecule has 7 heteroatoms. The van der Waals surface area contributed by atoms with Crippen LogP contribution in [0.25, 0.3) is 0 Å². The Morgan fingerprint density at radius 1 is 1.33 bits per heavy atom. The summed E-state index contributed by atoms with van der Waals surface area (Å²) in [4.78, 5) is 12.2. The van der Waals surface area contributed by atoms with Crippen LogP contribution in [0.1, 0.15) is 27.2 Å².